The summed E-state index contributed by atoms with van der Waals surface area (Å²) in [5.41, 5.74) is 0.481. The molecule has 1 heterocycles. The van der Waals surface area contributed by atoms with Crippen molar-refractivity contribution in [1.82, 2.24) is 10.2 Å². The van der Waals surface area contributed by atoms with Crippen LogP contribution in [-0.2, 0) is 0 Å². The third-order valence-electron chi connectivity index (χ3n) is 5.46. The Bertz CT molecular complexity index is 289. The van der Waals surface area contributed by atoms with Crippen molar-refractivity contribution in [2.75, 3.05) is 26.2 Å². The molecule has 0 bridgehead atoms. The van der Waals surface area contributed by atoms with Crippen LogP contribution in [0.2, 0.25) is 0 Å². The Labute approximate surface area is 132 Å². The molecule has 0 radical (unpaired) electrons. The van der Waals surface area contributed by atoms with Gasteiger partial charge in [0.15, 0.2) is 0 Å². The molecule has 0 saturated carbocycles. The fourth-order valence-corrected chi connectivity index (χ4v) is 3.79. The number of aliphatic hydroxyl groups excluding tert-OH is 1. The fourth-order valence-electron chi connectivity index (χ4n) is 3.79. The molecule has 1 saturated heterocycles. The zero-order chi connectivity index (χ0) is 15.9. The average Bonchev–Trinajstić information content (AvgIpc) is 2.87. The van der Waals surface area contributed by atoms with Gasteiger partial charge in [0.2, 0.25) is 0 Å². The minimum absolute atomic E-state index is 0.115. The molecule has 1 aliphatic heterocycles. The predicted molar refractivity (Wildman–Crippen MR) is 91.7 cm³/mol. The van der Waals surface area contributed by atoms with E-state index in [-0.39, 0.29) is 12.1 Å². The highest BCUT2D eigenvalue weighted by molar-refractivity contribution is 4.88. The minimum atomic E-state index is -0.115. The molecular weight excluding hydrogens is 260 g/mol. The summed E-state index contributed by atoms with van der Waals surface area (Å²) in [4.78, 5) is 2.65. The molecule has 0 aliphatic carbocycles. The Morgan fingerprint density at radius 3 is 2.38 bits per heavy atom. The van der Waals surface area contributed by atoms with Gasteiger partial charge in [-0.1, -0.05) is 34.1 Å². The van der Waals surface area contributed by atoms with Crippen LogP contribution in [0.4, 0.5) is 0 Å². The van der Waals surface area contributed by atoms with Crippen molar-refractivity contribution in [3.8, 4) is 0 Å². The van der Waals surface area contributed by atoms with Crippen LogP contribution in [0.3, 0.4) is 0 Å². The zero-order valence-electron chi connectivity index (χ0n) is 15.0. The number of nitrogens with zero attached hydrogens (tertiary/aromatic N) is 1. The van der Waals surface area contributed by atoms with Crippen LogP contribution in [0.5, 0.6) is 0 Å². The molecule has 1 fully saturated rings. The zero-order valence-corrected chi connectivity index (χ0v) is 15.0. The molecule has 0 spiro atoms. The molecule has 21 heavy (non-hydrogen) atoms. The Morgan fingerprint density at radius 2 is 1.90 bits per heavy atom. The molecular formula is C18H38N2O. The first-order valence-corrected chi connectivity index (χ1v) is 8.99. The van der Waals surface area contributed by atoms with E-state index in [0.717, 1.165) is 6.42 Å². The molecule has 0 amide bonds. The first-order chi connectivity index (χ1) is 9.88. The van der Waals surface area contributed by atoms with Crippen LogP contribution >= 0.6 is 0 Å². The van der Waals surface area contributed by atoms with Gasteiger partial charge >= 0.3 is 0 Å². The van der Waals surface area contributed by atoms with Crippen molar-refractivity contribution in [3.63, 3.8) is 0 Å². The number of aliphatic hydroxyl groups is 1. The van der Waals surface area contributed by atoms with Gasteiger partial charge in [-0.3, -0.25) is 0 Å². The van der Waals surface area contributed by atoms with Gasteiger partial charge in [-0.05, 0) is 57.5 Å². The normalized spacial score (nSPS) is 21.9. The van der Waals surface area contributed by atoms with E-state index in [2.05, 4.69) is 44.8 Å². The van der Waals surface area contributed by atoms with Crippen molar-refractivity contribution in [2.45, 2.75) is 84.7 Å². The van der Waals surface area contributed by atoms with Crippen molar-refractivity contribution >= 4 is 0 Å². The predicted octanol–water partition coefficient (Wildman–Crippen LogP) is 3.42. The maximum Gasteiger partial charge on any atom is 0.0610 e. The summed E-state index contributed by atoms with van der Waals surface area (Å²) < 4.78 is 0. The van der Waals surface area contributed by atoms with Crippen LogP contribution in [0, 0.1) is 5.41 Å². The number of hydrogen-bond acceptors (Lipinski definition) is 3. The Morgan fingerprint density at radius 1 is 1.24 bits per heavy atom. The summed E-state index contributed by atoms with van der Waals surface area (Å²) in [5, 5.41) is 13.1. The maximum atomic E-state index is 9.60. The third-order valence-corrected chi connectivity index (χ3v) is 5.46. The van der Waals surface area contributed by atoms with Gasteiger partial charge in [-0.25, -0.2) is 0 Å². The summed E-state index contributed by atoms with van der Waals surface area (Å²) in [6.45, 7) is 15.1. The molecule has 3 heteroatoms. The number of rotatable bonds is 10. The van der Waals surface area contributed by atoms with Crippen molar-refractivity contribution < 1.29 is 5.11 Å². The summed E-state index contributed by atoms with van der Waals surface area (Å²) in [6.07, 6.45) is 7.52. The molecule has 1 rings (SSSR count). The maximum absolute atomic E-state index is 9.60. The quantitative estimate of drug-likeness (QED) is 0.607. The van der Waals surface area contributed by atoms with E-state index in [1.54, 1.807) is 0 Å². The van der Waals surface area contributed by atoms with Gasteiger partial charge in [-0.15, -0.1) is 0 Å². The molecule has 0 aromatic carbocycles. The van der Waals surface area contributed by atoms with E-state index in [0.29, 0.717) is 11.5 Å². The average molecular weight is 299 g/mol. The van der Waals surface area contributed by atoms with Crippen LogP contribution in [0.25, 0.3) is 0 Å². The standard InChI is InChI=1S/C18H38N2O/c1-6-18(7-2)11-13-20(14-18)12-9-8-10-17(5,15-21)19-16(3)4/h16,19,21H,6-15H2,1-5H3. The molecule has 1 atom stereocenters. The lowest BCUT2D eigenvalue weighted by Gasteiger charge is -2.31. The van der Waals surface area contributed by atoms with Crippen LogP contribution in [0.15, 0.2) is 0 Å². The Kier molecular flexibility index (Phi) is 7.66. The highest BCUT2D eigenvalue weighted by Gasteiger charge is 2.34. The number of unbranched alkanes of at least 4 members (excludes halogenated alkanes) is 1. The Balaban J connectivity index is 2.25. The number of likely N-dealkylation sites (tertiary alicyclic amines) is 1. The minimum Gasteiger partial charge on any atom is -0.394 e. The molecule has 1 aliphatic rings. The highest BCUT2D eigenvalue weighted by atomic mass is 16.3. The van der Waals surface area contributed by atoms with Gasteiger partial charge < -0.3 is 15.3 Å². The first-order valence-electron chi connectivity index (χ1n) is 8.99. The van der Waals surface area contributed by atoms with E-state index in [1.807, 2.05) is 0 Å². The lowest BCUT2D eigenvalue weighted by atomic mass is 9.82. The second kappa shape index (κ2) is 8.50. The largest absolute Gasteiger partial charge is 0.394 e. The van der Waals surface area contributed by atoms with Crippen LogP contribution < -0.4 is 5.32 Å². The fraction of sp³-hybridized carbons (Fsp3) is 1.00. The van der Waals surface area contributed by atoms with Crippen molar-refractivity contribution in [2.24, 2.45) is 5.41 Å². The van der Waals surface area contributed by atoms with E-state index >= 15 is 0 Å². The lowest BCUT2D eigenvalue weighted by Crippen LogP contribution is -2.49. The van der Waals surface area contributed by atoms with Crippen molar-refractivity contribution in [3.05, 3.63) is 0 Å². The first kappa shape index (κ1) is 18.9. The highest BCUT2D eigenvalue weighted by Crippen LogP contribution is 2.36. The summed E-state index contributed by atoms with van der Waals surface area (Å²) in [7, 11) is 0. The SMILES string of the molecule is CCC1(CC)CCN(CCCCC(C)(CO)NC(C)C)C1. The third kappa shape index (κ3) is 5.88. The topological polar surface area (TPSA) is 35.5 Å². The van der Waals surface area contributed by atoms with E-state index < -0.39 is 0 Å². The van der Waals surface area contributed by atoms with E-state index in [9.17, 15) is 5.11 Å². The lowest BCUT2D eigenvalue weighted by molar-refractivity contribution is 0.152. The molecule has 3 nitrogen and oxygen atoms in total. The summed E-state index contributed by atoms with van der Waals surface area (Å²) in [5.74, 6) is 0. The van der Waals surface area contributed by atoms with E-state index in [4.69, 9.17) is 0 Å². The van der Waals surface area contributed by atoms with Crippen LogP contribution in [-0.4, -0.2) is 47.8 Å². The molecule has 0 aromatic rings. The molecule has 0 aromatic heterocycles. The van der Waals surface area contributed by atoms with E-state index in [1.165, 1.54) is 51.7 Å². The van der Waals surface area contributed by atoms with Crippen LogP contribution in [0.1, 0.15) is 73.1 Å². The number of hydrogen-bond donors (Lipinski definition) is 2. The second-order valence-corrected chi connectivity index (χ2v) is 7.71. The summed E-state index contributed by atoms with van der Waals surface area (Å²) >= 11 is 0. The van der Waals surface area contributed by atoms with Gasteiger partial charge in [0.25, 0.3) is 0 Å². The Hall–Kier alpha value is -0.120. The van der Waals surface area contributed by atoms with Gasteiger partial charge in [0.1, 0.15) is 0 Å². The molecule has 126 valence electrons. The number of nitrogens with one attached hydrogen (secondary N) is 1. The molecule has 1 unspecified atom stereocenters. The summed E-state index contributed by atoms with van der Waals surface area (Å²) in [6, 6.07) is 0.426. The van der Waals surface area contributed by atoms with Crippen molar-refractivity contribution in [1.29, 1.82) is 0 Å². The molecule has 2 N–H and O–H groups in total. The van der Waals surface area contributed by atoms with Gasteiger partial charge in [0.05, 0.1) is 6.61 Å². The van der Waals surface area contributed by atoms with Gasteiger partial charge in [-0.2, -0.15) is 0 Å². The second-order valence-electron chi connectivity index (χ2n) is 7.71. The smallest absolute Gasteiger partial charge is 0.0610 e. The van der Waals surface area contributed by atoms with Gasteiger partial charge in [0, 0.05) is 18.1 Å². The monoisotopic (exact) mass is 298 g/mol.